The smallest absolute Gasteiger partial charge is 0.462 e. The zero-order valence-electron chi connectivity index (χ0n) is 62.6. The molecule has 0 fully saturated rings. The molecule has 5 atom stereocenters. The molecule has 0 heterocycles. The van der Waals surface area contributed by atoms with Crippen molar-refractivity contribution in [2.45, 2.75) is 329 Å². The molecule has 17 nitrogen and oxygen atoms in total. The molecular weight excluding hydrogens is 1310 g/mol. The van der Waals surface area contributed by atoms with Gasteiger partial charge in [0.25, 0.3) is 0 Å². The third-order valence-corrected chi connectivity index (χ3v) is 17.9. The predicted octanol–water partition coefficient (Wildman–Crippen LogP) is 22.3. The van der Waals surface area contributed by atoms with Gasteiger partial charge in [-0.15, -0.1) is 0 Å². The summed E-state index contributed by atoms with van der Waals surface area (Å²) < 4.78 is 68.4. The maximum atomic E-state index is 13.1. The second-order valence-electron chi connectivity index (χ2n) is 25.6. The molecule has 0 amide bonds. The van der Waals surface area contributed by atoms with Gasteiger partial charge in [0.1, 0.15) is 19.3 Å². The minimum Gasteiger partial charge on any atom is -0.462 e. The van der Waals surface area contributed by atoms with Crippen molar-refractivity contribution in [3.05, 3.63) is 122 Å². The molecule has 0 aromatic rings. The first kappa shape index (κ1) is 95.5. The van der Waals surface area contributed by atoms with Gasteiger partial charge in [0, 0.05) is 19.3 Å². The first-order valence-electron chi connectivity index (χ1n) is 38.8. The van der Waals surface area contributed by atoms with Gasteiger partial charge in [0.05, 0.1) is 32.8 Å². The molecule has 0 saturated heterocycles. The van der Waals surface area contributed by atoms with Crippen molar-refractivity contribution >= 4 is 39.5 Å². The van der Waals surface area contributed by atoms with Crippen LogP contribution in [-0.2, 0) is 65.4 Å². The Bertz CT molecular complexity index is 2370. The van der Waals surface area contributed by atoms with Crippen LogP contribution in [0.15, 0.2) is 122 Å². The SMILES string of the molecule is CC/C=C\C/C=C\C/C=C\C/C=C\C/C=C\CC(=O)OCC(COP(=O)(O)OCC(O)COP(=O)(O)OCC(COC(=O)CCCCCCC/C=C\C/C=C\C/C=C\CC)OC(=O)CCCCCCCCCCCCCCCCC)OC(=O)CCCCCCC/C=C\C/C=C\CCCCC. The van der Waals surface area contributed by atoms with Crippen molar-refractivity contribution in [2.75, 3.05) is 39.6 Å². The molecule has 5 unspecified atom stereocenters. The second kappa shape index (κ2) is 72.8. The summed E-state index contributed by atoms with van der Waals surface area (Å²) in [5.74, 6) is -2.35. The first-order valence-corrected chi connectivity index (χ1v) is 41.8. The molecule has 3 N–H and O–H groups in total. The van der Waals surface area contributed by atoms with Crippen molar-refractivity contribution in [1.82, 2.24) is 0 Å². The Kier molecular flexibility index (Phi) is 69.5. The number of hydrogen-bond acceptors (Lipinski definition) is 15. The lowest BCUT2D eigenvalue weighted by molar-refractivity contribution is -0.161. The summed E-state index contributed by atoms with van der Waals surface area (Å²) in [4.78, 5) is 72.8. The fraction of sp³-hybridized carbons (Fsp3) is 0.704. The number of ether oxygens (including phenoxy) is 4. The number of phosphoric acid groups is 2. The molecular formula is C81H138O17P2. The fourth-order valence-corrected chi connectivity index (χ4v) is 11.7. The van der Waals surface area contributed by atoms with Gasteiger partial charge < -0.3 is 33.8 Å². The summed E-state index contributed by atoms with van der Waals surface area (Å²) in [6.07, 6.45) is 79.3. The number of allylic oxidation sites excluding steroid dienone is 19. The Labute approximate surface area is 606 Å². The maximum absolute atomic E-state index is 13.1. The average molecular weight is 1450 g/mol. The van der Waals surface area contributed by atoms with Gasteiger partial charge >= 0.3 is 39.5 Å². The number of carbonyl (C=O) groups is 4. The van der Waals surface area contributed by atoms with Crippen LogP contribution in [0.1, 0.15) is 310 Å². The van der Waals surface area contributed by atoms with Crippen LogP contribution in [0.4, 0.5) is 0 Å². The lowest BCUT2D eigenvalue weighted by atomic mass is 10.0. The van der Waals surface area contributed by atoms with Crippen molar-refractivity contribution < 1.29 is 80.2 Å². The van der Waals surface area contributed by atoms with E-state index in [2.05, 4.69) is 125 Å². The van der Waals surface area contributed by atoms with Crippen LogP contribution in [0.2, 0.25) is 0 Å². The van der Waals surface area contributed by atoms with Gasteiger partial charge in [-0.25, -0.2) is 9.13 Å². The molecule has 0 aromatic heterocycles. The van der Waals surface area contributed by atoms with Crippen LogP contribution >= 0.6 is 15.6 Å². The van der Waals surface area contributed by atoms with E-state index in [9.17, 15) is 43.2 Å². The lowest BCUT2D eigenvalue weighted by Gasteiger charge is -2.21. The molecule has 19 heteroatoms. The van der Waals surface area contributed by atoms with Crippen LogP contribution < -0.4 is 0 Å². The van der Waals surface area contributed by atoms with Gasteiger partial charge in [-0.05, 0) is 116 Å². The predicted molar refractivity (Wildman–Crippen MR) is 408 cm³/mol. The quantitative estimate of drug-likeness (QED) is 0.0169. The maximum Gasteiger partial charge on any atom is 0.472 e. The van der Waals surface area contributed by atoms with E-state index in [1.165, 1.54) is 83.5 Å². The molecule has 0 bridgehead atoms. The third kappa shape index (κ3) is 71.8. The number of esters is 4. The first-order chi connectivity index (χ1) is 48.7. The van der Waals surface area contributed by atoms with Crippen LogP contribution in [0.3, 0.4) is 0 Å². The van der Waals surface area contributed by atoms with Crippen LogP contribution in [-0.4, -0.2) is 96.7 Å². The second-order valence-corrected chi connectivity index (χ2v) is 28.5. The van der Waals surface area contributed by atoms with Gasteiger partial charge in [-0.2, -0.15) is 0 Å². The third-order valence-electron chi connectivity index (χ3n) is 16.0. The molecule has 0 radical (unpaired) electrons. The summed E-state index contributed by atoms with van der Waals surface area (Å²) in [5, 5.41) is 10.6. The molecule has 0 aliphatic rings. The van der Waals surface area contributed by atoms with E-state index in [0.29, 0.717) is 25.7 Å². The van der Waals surface area contributed by atoms with Crippen molar-refractivity contribution in [3.63, 3.8) is 0 Å². The molecule has 100 heavy (non-hydrogen) atoms. The van der Waals surface area contributed by atoms with E-state index in [-0.39, 0.29) is 25.7 Å². The lowest BCUT2D eigenvalue weighted by Crippen LogP contribution is -2.30. The number of hydrogen-bond donors (Lipinski definition) is 3. The van der Waals surface area contributed by atoms with Gasteiger partial charge in [0.2, 0.25) is 0 Å². The molecule has 0 spiro atoms. The number of aliphatic hydroxyl groups excluding tert-OH is 1. The summed E-state index contributed by atoms with van der Waals surface area (Å²) in [7, 11) is -9.98. The zero-order chi connectivity index (χ0) is 73.2. The topological polar surface area (TPSA) is 237 Å². The number of aliphatic hydroxyl groups is 1. The van der Waals surface area contributed by atoms with E-state index in [1.54, 1.807) is 6.08 Å². The van der Waals surface area contributed by atoms with E-state index < -0.39 is 97.5 Å². The van der Waals surface area contributed by atoms with Crippen molar-refractivity contribution in [2.24, 2.45) is 0 Å². The molecule has 0 aromatic carbocycles. The van der Waals surface area contributed by atoms with Crippen molar-refractivity contribution in [3.8, 4) is 0 Å². The molecule has 0 rings (SSSR count). The Morgan fingerprint density at radius 1 is 0.300 bits per heavy atom. The highest BCUT2D eigenvalue weighted by atomic mass is 31.2. The standard InChI is InChI=1S/C81H138O17P2/c1-5-9-13-17-21-25-29-33-37-41-45-49-53-57-61-65-78(83)91-71-76(97-80(85)67-63-59-55-51-47-43-39-35-31-27-23-19-15-11-7-3)73-95-99(87,88)93-69-75(82)70-94-100(89,90)96-74-77(98-81(86)68-64-60-56-52-48-44-40-36-32-28-24-20-16-12-8-4)72-92-79(84)66-62-58-54-50-46-42-38-34-30-26-22-18-14-10-6-2/h9-10,13-14,21-23,25-27,33-35,37-39,45,49,57,61,75-77,82H,5-8,11-12,15-20,24,28-32,36,40-44,46-48,50-56,58-60,62-74H2,1-4H3,(H,87,88)(H,89,90)/b13-9-,14-10-,25-21-,26-22-,27-23-,37-33-,38-34-,39-35-,49-45-,61-57-. The number of rotatable bonds is 72. The Balaban J connectivity index is 5.44. The van der Waals surface area contributed by atoms with Crippen LogP contribution in [0.5, 0.6) is 0 Å². The van der Waals surface area contributed by atoms with Crippen LogP contribution in [0, 0.1) is 0 Å². The summed E-state index contributed by atoms with van der Waals surface area (Å²) in [6, 6.07) is 0. The minimum atomic E-state index is -5.00. The summed E-state index contributed by atoms with van der Waals surface area (Å²) >= 11 is 0. The Hall–Kier alpha value is -4.54. The highest BCUT2D eigenvalue weighted by Gasteiger charge is 2.30. The highest BCUT2D eigenvalue weighted by molar-refractivity contribution is 7.47. The zero-order valence-corrected chi connectivity index (χ0v) is 64.4. The molecule has 0 saturated carbocycles. The van der Waals surface area contributed by atoms with Gasteiger partial charge in [0.15, 0.2) is 12.2 Å². The Morgan fingerprint density at radius 3 is 0.910 bits per heavy atom. The molecule has 574 valence electrons. The number of carbonyl (C=O) groups excluding carboxylic acids is 4. The summed E-state index contributed by atoms with van der Waals surface area (Å²) in [5.41, 5.74) is 0. The van der Waals surface area contributed by atoms with Crippen molar-refractivity contribution in [1.29, 1.82) is 0 Å². The van der Waals surface area contributed by atoms with Crippen LogP contribution in [0.25, 0.3) is 0 Å². The monoisotopic (exact) mass is 1440 g/mol. The number of phosphoric ester groups is 2. The van der Waals surface area contributed by atoms with E-state index in [4.69, 9.17) is 37.0 Å². The van der Waals surface area contributed by atoms with E-state index >= 15 is 0 Å². The average Bonchev–Trinajstić information content (AvgIpc) is 1.01. The Morgan fingerprint density at radius 2 is 0.560 bits per heavy atom. The molecule has 0 aliphatic heterocycles. The highest BCUT2D eigenvalue weighted by Crippen LogP contribution is 2.45. The minimum absolute atomic E-state index is 0.0576. The van der Waals surface area contributed by atoms with E-state index in [1.807, 2.05) is 18.2 Å². The largest absolute Gasteiger partial charge is 0.472 e. The summed E-state index contributed by atoms with van der Waals surface area (Å²) in [6.45, 7) is 4.49. The molecule has 0 aliphatic carbocycles. The van der Waals surface area contributed by atoms with E-state index in [0.717, 1.165) is 148 Å². The number of unbranched alkanes of at least 4 members (excludes halogenated alkanes) is 27. The van der Waals surface area contributed by atoms with Gasteiger partial charge in [-0.3, -0.25) is 37.3 Å². The van der Waals surface area contributed by atoms with Gasteiger partial charge in [-0.1, -0.05) is 290 Å². The fourth-order valence-electron chi connectivity index (χ4n) is 10.1. The normalized spacial score (nSPS) is 14.6.